The number of sulfonamides is 1. The average Bonchev–Trinajstić information content (AvgIpc) is 2.74. The summed E-state index contributed by atoms with van der Waals surface area (Å²) < 4.78 is 28.7. The van der Waals surface area contributed by atoms with Gasteiger partial charge in [0.05, 0.1) is 11.2 Å². The molecule has 1 aromatic rings. The highest BCUT2D eigenvalue weighted by atomic mass is 79.9. The van der Waals surface area contributed by atoms with E-state index in [2.05, 4.69) is 20.7 Å². The van der Waals surface area contributed by atoms with E-state index in [0.717, 1.165) is 10.9 Å². The zero-order chi connectivity index (χ0) is 16.2. The Labute approximate surface area is 139 Å². The second kappa shape index (κ2) is 5.06. The number of rotatable bonds is 4. The molecule has 0 spiro atoms. The number of fused-ring (bicyclic) bond motifs is 2. The molecule has 6 heteroatoms. The largest absolute Gasteiger partial charge is 0.299 e. The third-order valence-corrected chi connectivity index (χ3v) is 7.64. The van der Waals surface area contributed by atoms with Crippen LogP contribution in [0.4, 0.5) is 5.69 Å². The number of nitrogens with one attached hydrogen (secondary N) is 1. The Morgan fingerprint density at radius 2 is 1.91 bits per heavy atom. The Bertz CT molecular complexity index is 711. The monoisotopic (exact) mass is 385 g/mol. The summed E-state index contributed by atoms with van der Waals surface area (Å²) >= 11 is 3.32. The SMILES string of the molecule is CC1(C)C2CCC1(CS(=O)(=O)Nc1ccc(Br)cc1)C(=O)C2. The summed E-state index contributed by atoms with van der Waals surface area (Å²) in [6.07, 6.45) is 2.16. The average molecular weight is 386 g/mol. The number of benzene rings is 1. The highest BCUT2D eigenvalue weighted by Crippen LogP contribution is 2.64. The maximum Gasteiger partial charge on any atom is 0.233 e. The zero-order valence-corrected chi connectivity index (χ0v) is 15.1. The van der Waals surface area contributed by atoms with Gasteiger partial charge in [-0.05, 0) is 48.4 Å². The molecule has 1 N–H and O–H groups in total. The molecule has 2 bridgehead atoms. The van der Waals surface area contributed by atoms with Crippen molar-refractivity contribution in [1.29, 1.82) is 0 Å². The van der Waals surface area contributed by atoms with E-state index < -0.39 is 15.4 Å². The quantitative estimate of drug-likeness (QED) is 0.860. The van der Waals surface area contributed by atoms with Crippen LogP contribution in [0.25, 0.3) is 0 Å². The molecule has 0 aliphatic heterocycles. The van der Waals surface area contributed by atoms with E-state index in [1.165, 1.54) is 0 Å². The Balaban J connectivity index is 1.85. The van der Waals surface area contributed by atoms with E-state index >= 15 is 0 Å². The van der Waals surface area contributed by atoms with Crippen LogP contribution in [-0.2, 0) is 14.8 Å². The molecule has 120 valence electrons. The number of hydrogen-bond acceptors (Lipinski definition) is 3. The molecule has 2 aliphatic carbocycles. The van der Waals surface area contributed by atoms with Crippen LogP contribution in [0.5, 0.6) is 0 Å². The summed E-state index contributed by atoms with van der Waals surface area (Å²) in [5.41, 5.74) is -0.436. The maximum atomic E-state index is 12.6. The Morgan fingerprint density at radius 3 is 2.41 bits per heavy atom. The van der Waals surface area contributed by atoms with Gasteiger partial charge in [0.2, 0.25) is 10.0 Å². The minimum absolute atomic E-state index is 0.113. The van der Waals surface area contributed by atoms with E-state index in [0.29, 0.717) is 24.4 Å². The number of ketones is 1. The molecule has 22 heavy (non-hydrogen) atoms. The van der Waals surface area contributed by atoms with Crippen LogP contribution >= 0.6 is 15.9 Å². The van der Waals surface area contributed by atoms with Gasteiger partial charge in [-0.1, -0.05) is 29.8 Å². The number of carbonyl (C=O) groups is 1. The first-order chi connectivity index (χ1) is 10.2. The van der Waals surface area contributed by atoms with Crippen molar-refractivity contribution in [2.45, 2.75) is 33.1 Å². The zero-order valence-electron chi connectivity index (χ0n) is 12.7. The molecule has 2 unspecified atom stereocenters. The predicted octanol–water partition coefficient (Wildman–Crippen LogP) is 3.59. The van der Waals surface area contributed by atoms with E-state index in [1.54, 1.807) is 24.3 Å². The second-order valence-corrected chi connectivity index (χ2v) is 9.67. The lowest BCUT2D eigenvalue weighted by molar-refractivity contribution is -0.128. The number of anilines is 1. The van der Waals surface area contributed by atoms with Crippen molar-refractivity contribution in [2.75, 3.05) is 10.5 Å². The van der Waals surface area contributed by atoms with Gasteiger partial charge in [0, 0.05) is 16.6 Å². The molecule has 0 heterocycles. The third-order valence-electron chi connectivity index (χ3n) is 5.69. The van der Waals surface area contributed by atoms with Gasteiger partial charge >= 0.3 is 0 Å². The Hall–Kier alpha value is -0.880. The molecule has 0 saturated heterocycles. The molecule has 2 aliphatic rings. The van der Waals surface area contributed by atoms with E-state index in [9.17, 15) is 13.2 Å². The van der Waals surface area contributed by atoms with Crippen LogP contribution in [0.3, 0.4) is 0 Å². The Kier molecular flexibility index (Phi) is 3.68. The van der Waals surface area contributed by atoms with Crippen LogP contribution in [0.2, 0.25) is 0 Å². The summed E-state index contributed by atoms with van der Waals surface area (Å²) in [7, 11) is -3.56. The first kappa shape index (κ1) is 16.0. The summed E-state index contributed by atoms with van der Waals surface area (Å²) in [6, 6.07) is 6.98. The Morgan fingerprint density at radius 1 is 1.27 bits per heavy atom. The fraction of sp³-hybridized carbons (Fsp3) is 0.562. The van der Waals surface area contributed by atoms with Gasteiger partial charge in [0.15, 0.2) is 0 Å². The van der Waals surface area contributed by atoms with Gasteiger partial charge in [0.25, 0.3) is 0 Å². The first-order valence-electron chi connectivity index (χ1n) is 7.46. The van der Waals surface area contributed by atoms with Crippen LogP contribution in [-0.4, -0.2) is 20.0 Å². The molecule has 2 saturated carbocycles. The molecule has 3 rings (SSSR count). The van der Waals surface area contributed by atoms with Crippen LogP contribution in [0.15, 0.2) is 28.7 Å². The summed E-state index contributed by atoms with van der Waals surface area (Å²) in [4.78, 5) is 12.4. The van der Waals surface area contributed by atoms with Crippen LogP contribution in [0.1, 0.15) is 33.1 Å². The first-order valence-corrected chi connectivity index (χ1v) is 9.90. The highest BCUT2D eigenvalue weighted by Gasteiger charge is 2.65. The maximum absolute atomic E-state index is 12.6. The normalized spacial score (nSPS) is 29.8. The lowest BCUT2D eigenvalue weighted by Crippen LogP contribution is -2.43. The number of Topliss-reactive ketones (excluding diaryl/α,β-unsaturated/α-hetero) is 1. The fourth-order valence-electron chi connectivity index (χ4n) is 4.17. The van der Waals surface area contributed by atoms with Crippen molar-refractivity contribution >= 4 is 37.4 Å². The van der Waals surface area contributed by atoms with Crippen molar-refractivity contribution in [2.24, 2.45) is 16.7 Å². The summed E-state index contributed by atoms with van der Waals surface area (Å²) in [5, 5.41) is 0. The van der Waals surface area contributed by atoms with Gasteiger partial charge in [-0.2, -0.15) is 0 Å². The van der Waals surface area contributed by atoms with Crippen molar-refractivity contribution in [3.05, 3.63) is 28.7 Å². The summed E-state index contributed by atoms with van der Waals surface area (Å²) in [5.74, 6) is 0.330. The molecule has 0 radical (unpaired) electrons. The van der Waals surface area contributed by atoms with Crippen LogP contribution in [0, 0.1) is 16.7 Å². The van der Waals surface area contributed by atoms with Crippen molar-refractivity contribution in [3.8, 4) is 0 Å². The molecule has 0 aromatic heterocycles. The number of carbonyl (C=O) groups excluding carboxylic acids is 1. The minimum Gasteiger partial charge on any atom is -0.299 e. The van der Waals surface area contributed by atoms with Gasteiger partial charge in [-0.3, -0.25) is 9.52 Å². The predicted molar refractivity (Wildman–Crippen MR) is 90.1 cm³/mol. The van der Waals surface area contributed by atoms with Crippen molar-refractivity contribution in [3.63, 3.8) is 0 Å². The molecule has 2 fully saturated rings. The van der Waals surface area contributed by atoms with Crippen molar-refractivity contribution < 1.29 is 13.2 Å². The molecule has 1 aromatic carbocycles. The van der Waals surface area contributed by atoms with Gasteiger partial charge in [0.1, 0.15) is 5.78 Å². The van der Waals surface area contributed by atoms with Gasteiger partial charge in [-0.25, -0.2) is 8.42 Å². The molecular weight excluding hydrogens is 366 g/mol. The van der Waals surface area contributed by atoms with Crippen LogP contribution < -0.4 is 4.72 Å². The lowest BCUT2D eigenvalue weighted by atomic mass is 9.70. The molecule has 4 nitrogen and oxygen atoms in total. The summed E-state index contributed by atoms with van der Waals surface area (Å²) in [6.45, 7) is 4.09. The van der Waals surface area contributed by atoms with E-state index in [4.69, 9.17) is 0 Å². The van der Waals surface area contributed by atoms with E-state index in [1.807, 2.05) is 13.8 Å². The molecule has 0 amide bonds. The topological polar surface area (TPSA) is 63.2 Å². The number of hydrogen-bond donors (Lipinski definition) is 1. The van der Waals surface area contributed by atoms with Gasteiger partial charge < -0.3 is 0 Å². The minimum atomic E-state index is -3.56. The van der Waals surface area contributed by atoms with E-state index in [-0.39, 0.29) is 17.0 Å². The second-order valence-electron chi connectivity index (χ2n) is 7.03. The molecular formula is C16H20BrNO3S. The van der Waals surface area contributed by atoms with Gasteiger partial charge in [-0.15, -0.1) is 0 Å². The van der Waals surface area contributed by atoms with Crippen molar-refractivity contribution in [1.82, 2.24) is 0 Å². The standard InChI is InChI=1S/C16H20BrNO3S/c1-15(2)11-7-8-16(15,14(19)9-11)10-22(20,21)18-13-5-3-12(17)4-6-13/h3-6,11,18H,7-10H2,1-2H3. The highest BCUT2D eigenvalue weighted by molar-refractivity contribution is 9.10. The third kappa shape index (κ3) is 2.40. The lowest BCUT2D eigenvalue weighted by Gasteiger charge is -2.36. The fourth-order valence-corrected chi connectivity index (χ4v) is 6.32. The smallest absolute Gasteiger partial charge is 0.233 e. The molecule has 2 atom stereocenters. The number of halogens is 1.